The summed E-state index contributed by atoms with van der Waals surface area (Å²) >= 11 is 0. The Balaban J connectivity index is 1.69. The van der Waals surface area contributed by atoms with E-state index in [9.17, 15) is 0 Å². The third kappa shape index (κ3) is 2.71. The van der Waals surface area contributed by atoms with Crippen molar-refractivity contribution in [1.29, 1.82) is 0 Å². The number of rotatable bonds is 3. The largest absolute Gasteiger partial charge is 0.317 e. The number of nitrogens with one attached hydrogen (secondary N) is 1. The first-order valence-corrected chi connectivity index (χ1v) is 6.31. The summed E-state index contributed by atoms with van der Waals surface area (Å²) in [6.45, 7) is 8.94. The lowest BCUT2D eigenvalue weighted by Gasteiger charge is -2.27. The summed E-state index contributed by atoms with van der Waals surface area (Å²) < 4.78 is 0. The lowest BCUT2D eigenvalue weighted by atomic mass is 9.98. The smallest absolute Gasteiger partial charge is 0.00107 e. The van der Waals surface area contributed by atoms with Crippen molar-refractivity contribution in [2.45, 2.75) is 32.6 Å². The van der Waals surface area contributed by atoms with Crippen LogP contribution in [0.3, 0.4) is 0 Å². The van der Waals surface area contributed by atoms with E-state index in [2.05, 4.69) is 17.1 Å². The monoisotopic (exact) mass is 196 g/mol. The number of hydrogen-bond acceptors (Lipinski definition) is 2. The molecule has 1 unspecified atom stereocenters. The predicted molar refractivity (Wildman–Crippen MR) is 60.4 cm³/mol. The van der Waals surface area contributed by atoms with Crippen LogP contribution in [0.25, 0.3) is 0 Å². The van der Waals surface area contributed by atoms with Crippen LogP contribution in [-0.4, -0.2) is 37.6 Å². The van der Waals surface area contributed by atoms with Gasteiger partial charge in [-0.1, -0.05) is 13.3 Å². The molecule has 82 valence electrons. The van der Waals surface area contributed by atoms with Gasteiger partial charge in [0.25, 0.3) is 0 Å². The number of likely N-dealkylation sites (tertiary alicyclic amines) is 1. The molecule has 0 radical (unpaired) electrons. The molecule has 0 saturated carbocycles. The summed E-state index contributed by atoms with van der Waals surface area (Å²) in [5, 5.41) is 3.44. The van der Waals surface area contributed by atoms with E-state index in [4.69, 9.17) is 0 Å². The molecule has 2 aliphatic heterocycles. The van der Waals surface area contributed by atoms with Gasteiger partial charge in [0.15, 0.2) is 0 Å². The molecule has 2 heteroatoms. The minimum Gasteiger partial charge on any atom is -0.317 e. The normalized spacial score (nSPS) is 31.1. The van der Waals surface area contributed by atoms with Gasteiger partial charge >= 0.3 is 0 Å². The van der Waals surface area contributed by atoms with Crippen molar-refractivity contribution in [1.82, 2.24) is 10.2 Å². The molecule has 2 nitrogen and oxygen atoms in total. The zero-order valence-corrected chi connectivity index (χ0v) is 9.47. The standard InChI is InChI=1S/C12H24N2/c1-2-11-5-8-14(9-11)10-12-3-6-13-7-4-12/h11-13H,2-10H2,1H3. The SMILES string of the molecule is CCC1CCN(CC2CCNCC2)C1. The van der Waals surface area contributed by atoms with E-state index >= 15 is 0 Å². The Morgan fingerprint density at radius 3 is 2.57 bits per heavy atom. The molecule has 0 amide bonds. The summed E-state index contributed by atoms with van der Waals surface area (Å²) in [4.78, 5) is 2.70. The Morgan fingerprint density at radius 2 is 1.93 bits per heavy atom. The average Bonchev–Trinajstić information content (AvgIpc) is 2.67. The molecule has 2 aliphatic rings. The summed E-state index contributed by atoms with van der Waals surface area (Å²) in [6, 6.07) is 0. The van der Waals surface area contributed by atoms with Gasteiger partial charge in [0, 0.05) is 13.1 Å². The first kappa shape index (κ1) is 10.4. The highest BCUT2D eigenvalue weighted by molar-refractivity contribution is 4.78. The summed E-state index contributed by atoms with van der Waals surface area (Å²) in [6.07, 6.45) is 5.62. The van der Waals surface area contributed by atoms with Crippen LogP contribution in [0, 0.1) is 11.8 Å². The van der Waals surface area contributed by atoms with Crippen molar-refractivity contribution >= 4 is 0 Å². The highest BCUT2D eigenvalue weighted by Gasteiger charge is 2.23. The van der Waals surface area contributed by atoms with Crippen molar-refractivity contribution in [2.24, 2.45) is 11.8 Å². The van der Waals surface area contributed by atoms with Crippen LogP contribution in [0.1, 0.15) is 32.6 Å². The summed E-state index contributed by atoms with van der Waals surface area (Å²) in [7, 11) is 0. The molecule has 0 aromatic heterocycles. The lowest BCUT2D eigenvalue weighted by Crippen LogP contribution is -2.35. The third-order valence-electron chi connectivity index (χ3n) is 3.92. The zero-order chi connectivity index (χ0) is 9.80. The molecule has 0 spiro atoms. The Kier molecular flexibility index (Phi) is 3.82. The molecule has 0 bridgehead atoms. The molecule has 0 aliphatic carbocycles. The van der Waals surface area contributed by atoms with Gasteiger partial charge in [-0.15, -0.1) is 0 Å². The van der Waals surface area contributed by atoms with Crippen LogP contribution in [0.4, 0.5) is 0 Å². The third-order valence-corrected chi connectivity index (χ3v) is 3.92. The van der Waals surface area contributed by atoms with E-state index in [-0.39, 0.29) is 0 Å². The molecule has 2 rings (SSSR count). The van der Waals surface area contributed by atoms with Crippen molar-refractivity contribution in [3.63, 3.8) is 0 Å². The number of nitrogens with zero attached hydrogens (tertiary/aromatic N) is 1. The van der Waals surface area contributed by atoms with E-state index in [0.29, 0.717) is 0 Å². The molecule has 2 saturated heterocycles. The molecule has 0 aromatic carbocycles. The lowest BCUT2D eigenvalue weighted by molar-refractivity contribution is 0.234. The molecule has 1 N–H and O–H groups in total. The maximum absolute atomic E-state index is 3.44. The minimum absolute atomic E-state index is 0.979. The second kappa shape index (κ2) is 5.13. The number of piperidine rings is 1. The van der Waals surface area contributed by atoms with Crippen LogP contribution < -0.4 is 5.32 Å². The summed E-state index contributed by atoms with van der Waals surface area (Å²) in [5.41, 5.74) is 0. The van der Waals surface area contributed by atoms with Crippen molar-refractivity contribution in [3.05, 3.63) is 0 Å². The van der Waals surface area contributed by atoms with Crippen LogP contribution in [0.2, 0.25) is 0 Å². The van der Waals surface area contributed by atoms with E-state index in [1.807, 2.05) is 0 Å². The quantitative estimate of drug-likeness (QED) is 0.739. The Labute approximate surface area is 88.1 Å². The second-order valence-electron chi connectivity index (χ2n) is 5.02. The summed E-state index contributed by atoms with van der Waals surface area (Å²) in [5.74, 6) is 1.98. The second-order valence-corrected chi connectivity index (χ2v) is 5.02. The van der Waals surface area contributed by atoms with Gasteiger partial charge in [-0.3, -0.25) is 0 Å². The Bertz CT molecular complexity index is 164. The zero-order valence-electron chi connectivity index (χ0n) is 9.47. The first-order chi connectivity index (χ1) is 6.88. The Hall–Kier alpha value is -0.0800. The van der Waals surface area contributed by atoms with Gasteiger partial charge in [0.1, 0.15) is 0 Å². The van der Waals surface area contributed by atoms with Gasteiger partial charge in [-0.2, -0.15) is 0 Å². The molecular weight excluding hydrogens is 172 g/mol. The van der Waals surface area contributed by atoms with Crippen LogP contribution in [0.15, 0.2) is 0 Å². The van der Waals surface area contributed by atoms with E-state index in [0.717, 1.165) is 11.8 Å². The van der Waals surface area contributed by atoms with Crippen LogP contribution >= 0.6 is 0 Å². The maximum Gasteiger partial charge on any atom is 0.00107 e. The minimum atomic E-state index is 0.979. The average molecular weight is 196 g/mol. The highest BCUT2D eigenvalue weighted by Crippen LogP contribution is 2.22. The van der Waals surface area contributed by atoms with Crippen LogP contribution in [-0.2, 0) is 0 Å². The first-order valence-electron chi connectivity index (χ1n) is 6.31. The molecular formula is C12H24N2. The van der Waals surface area contributed by atoms with Gasteiger partial charge in [-0.25, -0.2) is 0 Å². The fourth-order valence-electron chi connectivity index (χ4n) is 2.84. The van der Waals surface area contributed by atoms with Crippen LogP contribution in [0.5, 0.6) is 0 Å². The molecule has 2 heterocycles. The van der Waals surface area contributed by atoms with E-state index in [1.165, 1.54) is 58.4 Å². The molecule has 0 aromatic rings. The predicted octanol–water partition coefficient (Wildman–Crippen LogP) is 1.72. The van der Waals surface area contributed by atoms with Gasteiger partial charge in [-0.05, 0) is 50.7 Å². The van der Waals surface area contributed by atoms with E-state index in [1.54, 1.807) is 0 Å². The van der Waals surface area contributed by atoms with Crippen molar-refractivity contribution in [2.75, 3.05) is 32.7 Å². The maximum atomic E-state index is 3.44. The van der Waals surface area contributed by atoms with Crippen molar-refractivity contribution < 1.29 is 0 Å². The fraction of sp³-hybridized carbons (Fsp3) is 1.00. The van der Waals surface area contributed by atoms with Gasteiger partial charge in [0.05, 0.1) is 0 Å². The molecule has 1 atom stereocenters. The molecule has 14 heavy (non-hydrogen) atoms. The highest BCUT2D eigenvalue weighted by atomic mass is 15.1. The topological polar surface area (TPSA) is 15.3 Å². The fourth-order valence-corrected chi connectivity index (χ4v) is 2.84. The number of hydrogen-bond donors (Lipinski definition) is 1. The van der Waals surface area contributed by atoms with Gasteiger partial charge < -0.3 is 10.2 Å². The Morgan fingerprint density at radius 1 is 1.14 bits per heavy atom. The van der Waals surface area contributed by atoms with Crippen molar-refractivity contribution in [3.8, 4) is 0 Å². The van der Waals surface area contributed by atoms with Gasteiger partial charge in [0.2, 0.25) is 0 Å². The van der Waals surface area contributed by atoms with E-state index < -0.39 is 0 Å². The molecule has 2 fully saturated rings.